The number of nitrogens with zero attached hydrogens (tertiary/aromatic N) is 4. The van der Waals surface area contributed by atoms with Gasteiger partial charge in [0.25, 0.3) is 11.4 Å². The van der Waals surface area contributed by atoms with Gasteiger partial charge in [0.15, 0.2) is 0 Å². The number of aromatic amines is 1. The number of pyridine rings is 1. The van der Waals surface area contributed by atoms with Crippen LogP contribution in [0.1, 0.15) is 18.5 Å². The van der Waals surface area contributed by atoms with Gasteiger partial charge in [0.2, 0.25) is 5.89 Å². The van der Waals surface area contributed by atoms with Crippen LogP contribution in [0, 0.1) is 0 Å². The lowest BCUT2D eigenvalue weighted by Gasteiger charge is -2.18. The van der Waals surface area contributed by atoms with Crippen LogP contribution in [0.4, 0.5) is 0 Å². The molecule has 11 heteroatoms. The highest BCUT2D eigenvalue weighted by atomic mass is 16.5. The van der Waals surface area contributed by atoms with Gasteiger partial charge in [0.05, 0.1) is 43.3 Å². The molecular weight excluding hydrogens is 502 g/mol. The number of benzene rings is 2. The number of ether oxygens (including phenoxy) is 3. The third kappa shape index (κ3) is 5.12. The summed E-state index contributed by atoms with van der Waals surface area (Å²) in [5.74, 6) is 0.564. The molecule has 0 saturated carbocycles. The second kappa shape index (κ2) is 11.2. The molecule has 0 bridgehead atoms. The molecule has 5 rings (SSSR count). The predicted octanol–water partition coefficient (Wildman–Crippen LogP) is 4.26. The maximum Gasteiger partial charge on any atom is 0.264 e. The van der Waals surface area contributed by atoms with Gasteiger partial charge >= 0.3 is 0 Å². The molecule has 3 aromatic heterocycles. The minimum absolute atomic E-state index is 0.0360. The number of hydrogen-bond donors (Lipinski definition) is 2. The highest BCUT2D eigenvalue weighted by Crippen LogP contribution is 2.46. The monoisotopic (exact) mass is 529 g/mol. The van der Waals surface area contributed by atoms with E-state index in [0.717, 1.165) is 11.3 Å². The Labute approximate surface area is 223 Å². The molecule has 5 aromatic rings. The fourth-order valence-corrected chi connectivity index (χ4v) is 4.28. The maximum absolute atomic E-state index is 13.2. The van der Waals surface area contributed by atoms with Crippen LogP contribution in [0.15, 0.2) is 70.0 Å². The molecule has 0 aliphatic heterocycles. The van der Waals surface area contributed by atoms with Crippen molar-refractivity contribution in [3.63, 3.8) is 0 Å². The molecule has 39 heavy (non-hydrogen) atoms. The molecule has 3 heterocycles. The van der Waals surface area contributed by atoms with Crippen molar-refractivity contribution in [3.8, 4) is 51.1 Å². The van der Waals surface area contributed by atoms with Gasteiger partial charge in [0.1, 0.15) is 29.4 Å². The van der Waals surface area contributed by atoms with E-state index >= 15 is 0 Å². The van der Waals surface area contributed by atoms with E-state index in [-0.39, 0.29) is 41.8 Å². The molecule has 0 aliphatic rings. The number of methoxy groups -OCH3 is 2. The molecule has 2 N–H and O–H groups in total. The number of nitrogens with one attached hydrogen (secondary N) is 1. The third-order valence-corrected chi connectivity index (χ3v) is 6.08. The van der Waals surface area contributed by atoms with E-state index in [9.17, 15) is 9.90 Å². The number of H-pyrrole nitrogens is 1. The molecule has 0 atom stereocenters. The van der Waals surface area contributed by atoms with E-state index in [1.807, 2.05) is 43.3 Å². The molecule has 0 unspecified atom stereocenters. The minimum atomic E-state index is -0.611. The van der Waals surface area contributed by atoms with Gasteiger partial charge < -0.3 is 28.7 Å². The fraction of sp³-hybridized carbons (Fsp3) is 0.214. The van der Waals surface area contributed by atoms with Crippen LogP contribution in [0.25, 0.3) is 33.8 Å². The number of aromatic nitrogens is 5. The first-order chi connectivity index (χ1) is 19.0. The smallest absolute Gasteiger partial charge is 0.264 e. The van der Waals surface area contributed by atoms with E-state index < -0.39 is 5.56 Å². The average molecular weight is 530 g/mol. The Morgan fingerprint density at radius 3 is 2.38 bits per heavy atom. The van der Waals surface area contributed by atoms with Crippen molar-refractivity contribution in [2.24, 2.45) is 0 Å². The first kappa shape index (κ1) is 25.7. The van der Waals surface area contributed by atoms with Crippen LogP contribution in [0.5, 0.6) is 17.2 Å². The zero-order valence-electron chi connectivity index (χ0n) is 21.7. The molecule has 0 radical (unpaired) electrons. The minimum Gasteiger partial charge on any atom is -0.506 e. The molecule has 0 fully saturated rings. The lowest BCUT2D eigenvalue weighted by atomic mass is 9.98. The summed E-state index contributed by atoms with van der Waals surface area (Å²) in [6.45, 7) is 2.44. The zero-order valence-corrected chi connectivity index (χ0v) is 21.7. The van der Waals surface area contributed by atoms with E-state index in [4.69, 9.17) is 18.6 Å². The Morgan fingerprint density at radius 2 is 1.69 bits per heavy atom. The molecule has 2 aromatic carbocycles. The van der Waals surface area contributed by atoms with Gasteiger partial charge in [-0.1, -0.05) is 36.4 Å². The van der Waals surface area contributed by atoms with Crippen molar-refractivity contribution < 1.29 is 23.7 Å². The highest BCUT2D eigenvalue weighted by molar-refractivity contribution is 5.86. The fourth-order valence-electron chi connectivity index (χ4n) is 4.28. The summed E-state index contributed by atoms with van der Waals surface area (Å²) in [7, 11) is 3.01. The molecule has 0 aliphatic carbocycles. The average Bonchev–Trinajstić information content (AvgIpc) is 3.62. The predicted molar refractivity (Wildman–Crippen MR) is 143 cm³/mol. The summed E-state index contributed by atoms with van der Waals surface area (Å²) >= 11 is 0. The summed E-state index contributed by atoms with van der Waals surface area (Å²) < 4.78 is 24.1. The number of rotatable bonds is 10. The van der Waals surface area contributed by atoms with Gasteiger partial charge in [-0.25, -0.2) is 0 Å². The Balaban J connectivity index is 1.55. The highest BCUT2D eigenvalue weighted by Gasteiger charge is 2.27. The van der Waals surface area contributed by atoms with Gasteiger partial charge in [-0.15, -0.1) is 10.2 Å². The normalized spacial score (nSPS) is 11.1. The zero-order chi connectivity index (χ0) is 27.4. The molecule has 0 saturated heterocycles. The summed E-state index contributed by atoms with van der Waals surface area (Å²) in [6.07, 6.45) is 1.80. The largest absolute Gasteiger partial charge is 0.506 e. The van der Waals surface area contributed by atoms with Crippen molar-refractivity contribution >= 4 is 0 Å². The van der Waals surface area contributed by atoms with Gasteiger partial charge in [-0.05, 0) is 25.1 Å². The second-order valence-corrected chi connectivity index (χ2v) is 8.47. The van der Waals surface area contributed by atoms with Crippen LogP contribution in [-0.2, 0) is 17.9 Å². The van der Waals surface area contributed by atoms with Crippen molar-refractivity contribution in [1.82, 2.24) is 25.0 Å². The first-order valence-electron chi connectivity index (χ1n) is 12.2. The molecule has 11 nitrogen and oxygen atoms in total. The SMILES string of the molecule is CCOCc1[nH]c(=O)c(-c2nnc(Cn3ccc(-c4ccccc4)n3)o2)c(O)c1-c1c(OC)cccc1OC. The summed E-state index contributed by atoms with van der Waals surface area (Å²) in [5.41, 5.74) is 2.04. The standard InChI is InChI=1S/C28H27N5O6/c1-4-38-16-19-23(24-20(36-2)11-8-12-21(24)37-3)26(34)25(27(35)29-19)28-31-30-22(39-28)15-33-14-13-18(32-33)17-9-6-5-7-10-17/h5-14H,4,15-16H2,1-3H3,(H2,29,34,35). The van der Waals surface area contributed by atoms with Gasteiger partial charge in [-0.3, -0.25) is 9.48 Å². The van der Waals surface area contributed by atoms with Crippen LogP contribution in [0.3, 0.4) is 0 Å². The van der Waals surface area contributed by atoms with E-state index in [1.165, 1.54) is 14.2 Å². The third-order valence-electron chi connectivity index (χ3n) is 6.08. The molecule has 200 valence electrons. The molecule has 0 amide bonds. The van der Waals surface area contributed by atoms with Crippen LogP contribution in [-0.4, -0.2) is 50.9 Å². The van der Waals surface area contributed by atoms with Crippen LogP contribution >= 0.6 is 0 Å². The first-order valence-corrected chi connectivity index (χ1v) is 12.2. The Morgan fingerprint density at radius 1 is 0.949 bits per heavy atom. The van der Waals surface area contributed by atoms with Crippen molar-refractivity contribution in [1.29, 1.82) is 0 Å². The summed E-state index contributed by atoms with van der Waals surface area (Å²) in [6, 6.07) is 16.9. The topological polar surface area (TPSA) is 138 Å². The van der Waals surface area contributed by atoms with Gasteiger partial charge in [-0.2, -0.15) is 5.10 Å². The van der Waals surface area contributed by atoms with E-state index in [0.29, 0.717) is 29.4 Å². The molecular formula is C28H27N5O6. The van der Waals surface area contributed by atoms with Crippen molar-refractivity contribution in [2.75, 3.05) is 20.8 Å². The summed E-state index contributed by atoms with van der Waals surface area (Å²) in [5, 5.41) is 24.2. The lowest BCUT2D eigenvalue weighted by Crippen LogP contribution is -2.15. The maximum atomic E-state index is 13.2. The second-order valence-electron chi connectivity index (χ2n) is 8.47. The lowest BCUT2D eigenvalue weighted by molar-refractivity contribution is 0.131. The van der Waals surface area contributed by atoms with Crippen molar-refractivity contribution in [3.05, 3.63) is 82.7 Å². The number of aromatic hydroxyl groups is 1. The van der Waals surface area contributed by atoms with E-state index in [1.54, 1.807) is 29.1 Å². The van der Waals surface area contributed by atoms with Crippen molar-refractivity contribution in [2.45, 2.75) is 20.1 Å². The Hall–Kier alpha value is -4.90. The quantitative estimate of drug-likeness (QED) is 0.272. The molecule has 0 spiro atoms. The Kier molecular flexibility index (Phi) is 7.41. The van der Waals surface area contributed by atoms with Gasteiger partial charge in [0, 0.05) is 18.4 Å². The van der Waals surface area contributed by atoms with Crippen LogP contribution < -0.4 is 15.0 Å². The number of hydrogen-bond acceptors (Lipinski definition) is 9. The van der Waals surface area contributed by atoms with E-state index in [2.05, 4.69) is 20.3 Å². The van der Waals surface area contributed by atoms with Crippen LogP contribution in [0.2, 0.25) is 0 Å². The Bertz CT molecular complexity index is 1620. The summed E-state index contributed by atoms with van der Waals surface area (Å²) in [4.78, 5) is 16.0.